The molecule has 0 bridgehead atoms. The fourth-order valence-electron chi connectivity index (χ4n) is 13.6. The Morgan fingerprint density at radius 1 is 0.278 bits per heavy atom. The molecule has 674 valence electrons. The Balaban J connectivity index is 0.000000157. The maximum absolute atomic E-state index is 6.33. The molecule has 0 aromatic heterocycles. The molecule has 0 saturated carbocycles. The van der Waals surface area contributed by atoms with E-state index in [2.05, 4.69) is 239 Å². The quantitative estimate of drug-likeness (QED) is 0.0541. The van der Waals surface area contributed by atoms with Gasteiger partial charge in [-0.1, -0.05) is 289 Å². The fourth-order valence-corrected chi connectivity index (χ4v) is 18.0. The number of hydrogen-bond donors (Lipinski definition) is 3. The van der Waals surface area contributed by atoms with E-state index in [1.54, 1.807) is 54.6 Å². The molecule has 23 heteroatoms. The second-order valence-electron chi connectivity index (χ2n) is 35.6. The molecule has 133 heavy (non-hydrogen) atoms. The average molecular weight is 2260 g/mol. The predicted molar refractivity (Wildman–Crippen MR) is 601 cm³/mol. The standard InChI is InChI=1S/C28H28Cl2Si2.C22H12Cl2.C18H28B2O4.C18H10Cl2I2.C18H14Cl2N2.C6H5BrClN/c1-31(2,3)17-15-23-11-13-25(29)19-27(23)21-7-9-22(10-8-21)28-20-26(30)14-12-24(28)16-18-32(4,5)6;1-3-15-9-11-19(23)13-21(15)17-5-7-18(8-6-17)22-14-20(24)12-10-16(22)4-2;1-15(2)16(3,4)22-19(21-15)13-9-11-14(12-10-13)20-23-17(5,6)18(7,8)24-20;2*19-13-5-7-17(21)15(9-13)11-1-2-12(4-3-11)16-10-14(20)6-8-18(16)22;7-5-3-4(8)1-2-6(5)9/h7-14,19-20H,1-6H3;1-2,5-14H;9-12H,1-8H3;1-10H;1-10H,21-22H2;1-3H,9H2. The second kappa shape index (κ2) is 45.8. The molecule has 0 unspecified atom stereocenters. The highest BCUT2D eigenvalue weighted by Crippen LogP contribution is 2.42. The summed E-state index contributed by atoms with van der Waals surface area (Å²) in [6.45, 7) is 30.0. The van der Waals surface area contributed by atoms with Gasteiger partial charge in [-0.25, -0.2) is 0 Å². The number of anilines is 3. The highest BCUT2D eigenvalue weighted by molar-refractivity contribution is 14.1. The van der Waals surface area contributed by atoms with Gasteiger partial charge in [-0.3, -0.25) is 0 Å². The third-order valence-corrected chi connectivity index (χ3v) is 28.7. The van der Waals surface area contributed by atoms with Crippen LogP contribution in [0.2, 0.25) is 84.5 Å². The van der Waals surface area contributed by atoms with E-state index in [0.717, 1.165) is 137 Å². The molecule has 0 spiro atoms. The summed E-state index contributed by atoms with van der Waals surface area (Å²) in [6.07, 6.45) is 11.2. The van der Waals surface area contributed by atoms with Crippen molar-refractivity contribution in [1.29, 1.82) is 0 Å². The van der Waals surface area contributed by atoms with Crippen molar-refractivity contribution in [2.45, 2.75) is 117 Å². The predicted octanol–water partition coefficient (Wildman–Crippen LogP) is 33.1. The minimum Gasteiger partial charge on any atom is -0.399 e. The summed E-state index contributed by atoms with van der Waals surface area (Å²) in [5, 5.41) is 6.24. The third kappa shape index (κ3) is 28.7. The minimum atomic E-state index is -1.48. The van der Waals surface area contributed by atoms with E-state index in [1.807, 2.05) is 182 Å². The summed E-state index contributed by atoms with van der Waals surface area (Å²) in [5.41, 5.74) is 47.5. The van der Waals surface area contributed by atoms with E-state index in [0.29, 0.717) is 52.2 Å². The van der Waals surface area contributed by atoms with Gasteiger partial charge in [-0.05, 0) is 369 Å². The van der Waals surface area contributed by atoms with Gasteiger partial charge in [-0.2, -0.15) is 0 Å². The average Bonchev–Trinajstić information content (AvgIpc) is 1.63. The van der Waals surface area contributed by atoms with Crippen LogP contribution in [0.5, 0.6) is 0 Å². The van der Waals surface area contributed by atoms with Gasteiger partial charge in [-0.15, -0.1) is 23.9 Å². The van der Waals surface area contributed by atoms with Crippen molar-refractivity contribution < 1.29 is 18.6 Å². The summed E-state index contributed by atoms with van der Waals surface area (Å²) in [5.74, 6) is 12.2. The number of halogens is 12. The van der Waals surface area contributed by atoms with Gasteiger partial charge in [0.2, 0.25) is 0 Å². The highest BCUT2D eigenvalue weighted by atomic mass is 127. The monoisotopic (exact) mass is 2250 g/mol. The Morgan fingerprint density at radius 3 is 0.729 bits per heavy atom. The van der Waals surface area contributed by atoms with Crippen LogP contribution in [0, 0.1) is 54.8 Å². The van der Waals surface area contributed by atoms with Crippen LogP contribution in [0.4, 0.5) is 17.1 Å². The summed E-state index contributed by atoms with van der Waals surface area (Å²) in [7, 11) is -3.65. The smallest absolute Gasteiger partial charge is 0.399 e. The van der Waals surface area contributed by atoms with Crippen LogP contribution in [0.1, 0.15) is 77.6 Å². The molecule has 6 N–H and O–H groups in total. The Labute approximate surface area is 868 Å². The highest BCUT2D eigenvalue weighted by Gasteiger charge is 2.53. The van der Waals surface area contributed by atoms with Crippen molar-refractivity contribution in [1.82, 2.24) is 0 Å². The van der Waals surface area contributed by atoms with Crippen molar-refractivity contribution in [3.8, 4) is 137 Å². The van der Waals surface area contributed by atoms with E-state index in [9.17, 15) is 0 Å². The van der Waals surface area contributed by atoms with Gasteiger partial charge in [0.15, 0.2) is 0 Å². The van der Waals surface area contributed by atoms with Gasteiger partial charge < -0.3 is 35.8 Å². The first-order valence-electron chi connectivity index (χ1n) is 42.3. The van der Waals surface area contributed by atoms with E-state index in [-0.39, 0.29) is 36.6 Å². The van der Waals surface area contributed by atoms with Gasteiger partial charge >= 0.3 is 14.2 Å². The Hall–Kier alpha value is -8.33. The number of terminal acetylenes is 2. The van der Waals surface area contributed by atoms with Crippen LogP contribution in [0.15, 0.2) is 290 Å². The van der Waals surface area contributed by atoms with Crippen molar-refractivity contribution >= 4 is 224 Å². The molecule has 2 saturated heterocycles. The lowest BCUT2D eigenvalue weighted by atomic mass is 9.74. The first kappa shape index (κ1) is 105. The molecular formula is C110H97B2BrCl9I2N3O4Si2. The van der Waals surface area contributed by atoms with Crippen molar-refractivity contribution in [2.24, 2.45) is 0 Å². The first-order valence-corrected chi connectivity index (χ1v) is 55.6. The number of nitrogens with two attached hydrogens (primary N) is 3. The van der Waals surface area contributed by atoms with Crippen LogP contribution >= 0.6 is 166 Å². The molecule has 0 aliphatic carbocycles. The second-order valence-corrected chi connectivity index (χ2v) is 52.2. The van der Waals surface area contributed by atoms with Crippen LogP contribution in [-0.4, -0.2) is 52.8 Å². The van der Waals surface area contributed by atoms with Crippen LogP contribution in [0.3, 0.4) is 0 Å². The van der Waals surface area contributed by atoms with E-state index in [4.69, 9.17) is 153 Å². The molecule has 0 atom stereocenters. The number of benzene rings is 14. The van der Waals surface area contributed by atoms with Crippen molar-refractivity contribution in [2.75, 3.05) is 17.2 Å². The maximum atomic E-state index is 6.33. The van der Waals surface area contributed by atoms with Gasteiger partial charge in [0.25, 0.3) is 0 Å². The Kier molecular flexibility index (Phi) is 36.2. The molecule has 14 aromatic rings. The largest absolute Gasteiger partial charge is 0.494 e. The summed E-state index contributed by atoms with van der Waals surface area (Å²) < 4.78 is 27.6. The molecule has 2 aliphatic rings. The Bertz CT molecular complexity index is 6250. The molecule has 0 radical (unpaired) electrons. The van der Waals surface area contributed by atoms with Gasteiger partial charge in [0, 0.05) is 107 Å². The maximum Gasteiger partial charge on any atom is 0.494 e. The number of nitrogen functional groups attached to an aromatic ring is 3. The number of rotatable bonds is 10. The van der Waals surface area contributed by atoms with Crippen LogP contribution in [-0.2, 0) is 18.6 Å². The summed E-state index contributed by atoms with van der Waals surface area (Å²) in [6, 6.07) is 92.0. The molecule has 2 aliphatic heterocycles. The van der Waals surface area contributed by atoms with E-state index < -0.39 is 16.1 Å². The van der Waals surface area contributed by atoms with Gasteiger partial charge in [0.1, 0.15) is 16.1 Å². The lowest BCUT2D eigenvalue weighted by Crippen LogP contribution is -2.41. The van der Waals surface area contributed by atoms with Crippen LogP contribution < -0.4 is 28.1 Å². The third-order valence-electron chi connectivity index (χ3n) is 22.2. The first-order chi connectivity index (χ1) is 62.7. The molecule has 14 aromatic carbocycles. The fraction of sp³-hybridized carbons (Fsp3) is 0.164. The summed E-state index contributed by atoms with van der Waals surface area (Å²) in [4.78, 5) is 0. The molecule has 0 amide bonds. The zero-order chi connectivity index (χ0) is 96.8. The Morgan fingerprint density at radius 2 is 0.481 bits per heavy atom. The minimum absolute atomic E-state index is 0.331. The van der Waals surface area contributed by atoms with Crippen LogP contribution in [0.25, 0.3) is 89.0 Å². The molecule has 16 rings (SSSR count). The summed E-state index contributed by atoms with van der Waals surface area (Å²) >= 11 is 62.7. The van der Waals surface area contributed by atoms with E-state index in [1.165, 1.54) is 7.14 Å². The topological polar surface area (TPSA) is 115 Å². The SMILES string of the molecule is C#Cc1ccc(Cl)cc1-c1ccc(-c2cc(Cl)ccc2C#C)cc1.CC1(C)OB(c2ccc(B3OC(C)(C)C(C)(C)O3)cc2)OC1(C)C.C[Si](C)(C)C#Cc1ccc(Cl)cc1-c1ccc(-c2cc(Cl)ccc2C#C[Si](C)(C)C)cc1.Clc1ccc(I)c(-c2ccc(-c3cc(Cl)ccc3I)cc2)c1.Nc1ccc(Cl)cc1-c1ccc(-c2cc(Cl)ccc2N)cc1.Nc1ccc(Cl)cc1Br. The van der Waals surface area contributed by atoms with Gasteiger partial charge in [0.05, 0.1) is 22.4 Å². The molecule has 7 nitrogen and oxygen atoms in total. The molecule has 2 fully saturated rings. The van der Waals surface area contributed by atoms with Crippen molar-refractivity contribution in [3.63, 3.8) is 0 Å². The zero-order valence-electron chi connectivity index (χ0n) is 75.8. The lowest BCUT2D eigenvalue weighted by Gasteiger charge is -2.32. The lowest BCUT2D eigenvalue weighted by molar-refractivity contribution is 0.00578. The zero-order valence-corrected chi connectivity index (χ0v) is 90.5. The van der Waals surface area contributed by atoms with E-state index >= 15 is 0 Å². The number of hydrogen-bond acceptors (Lipinski definition) is 7. The van der Waals surface area contributed by atoms with Crippen molar-refractivity contribution in [3.05, 3.63) is 364 Å². The molecular weight excluding hydrogens is 2160 g/mol. The normalized spacial score (nSPS) is 13.5. The molecule has 2 heterocycles.